The minimum absolute atomic E-state index is 0.126. The first kappa shape index (κ1) is 14.3. The number of nitrogens with zero attached hydrogens (tertiary/aromatic N) is 1. The van der Waals surface area contributed by atoms with E-state index in [0.717, 1.165) is 31.0 Å². The van der Waals surface area contributed by atoms with Crippen molar-refractivity contribution >= 4 is 17.7 Å². The molecule has 4 nitrogen and oxygen atoms in total. The predicted octanol–water partition coefficient (Wildman–Crippen LogP) is 1.43. The number of rotatable bonds is 5. The summed E-state index contributed by atoms with van der Waals surface area (Å²) in [6.45, 7) is 4.15. The van der Waals surface area contributed by atoms with Gasteiger partial charge in [0.2, 0.25) is 5.91 Å². The van der Waals surface area contributed by atoms with Crippen molar-refractivity contribution in [3.63, 3.8) is 0 Å². The topological polar surface area (TPSA) is 54.0 Å². The van der Waals surface area contributed by atoms with Gasteiger partial charge in [0.15, 0.2) is 0 Å². The van der Waals surface area contributed by atoms with Gasteiger partial charge in [-0.3, -0.25) is 9.78 Å². The number of piperidine rings is 1. The van der Waals surface area contributed by atoms with Crippen molar-refractivity contribution in [3.05, 3.63) is 30.1 Å². The lowest BCUT2D eigenvalue weighted by molar-refractivity contribution is -0.119. The van der Waals surface area contributed by atoms with Crippen LogP contribution in [-0.2, 0) is 10.5 Å². The minimum atomic E-state index is 0.126. The maximum absolute atomic E-state index is 11.9. The number of carbonyl (C=O) groups excluding carboxylic acids is 1. The van der Waals surface area contributed by atoms with E-state index in [2.05, 4.69) is 22.5 Å². The van der Waals surface area contributed by atoms with Gasteiger partial charge in [-0.25, -0.2) is 0 Å². The Morgan fingerprint density at radius 2 is 2.47 bits per heavy atom. The highest BCUT2D eigenvalue weighted by Gasteiger charge is 2.22. The lowest BCUT2D eigenvalue weighted by Gasteiger charge is -2.30. The van der Waals surface area contributed by atoms with E-state index in [9.17, 15) is 4.79 Å². The molecule has 5 heteroatoms. The second kappa shape index (κ2) is 7.50. The zero-order valence-electron chi connectivity index (χ0n) is 11.3. The van der Waals surface area contributed by atoms with Crippen molar-refractivity contribution in [2.24, 2.45) is 5.92 Å². The summed E-state index contributed by atoms with van der Waals surface area (Å²) in [6, 6.07) is 6.13. The summed E-state index contributed by atoms with van der Waals surface area (Å²) in [5.74, 6) is 1.97. The number of hydrogen-bond donors (Lipinski definition) is 2. The SMILES string of the molecule is CC1CCNCC1NC(=O)CSCc1ccccn1. The van der Waals surface area contributed by atoms with Crippen LogP contribution in [0.5, 0.6) is 0 Å². The Bertz CT molecular complexity index is 399. The highest BCUT2D eigenvalue weighted by molar-refractivity contribution is 7.99. The fourth-order valence-electron chi connectivity index (χ4n) is 2.16. The summed E-state index contributed by atoms with van der Waals surface area (Å²) in [5, 5.41) is 6.43. The molecule has 19 heavy (non-hydrogen) atoms. The number of nitrogens with one attached hydrogen (secondary N) is 2. The quantitative estimate of drug-likeness (QED) is 0.856. The molecule has 1 saturated heterocycles. The van der Waals surface area contributed by atoms with Gasteiger partial charge in [0.25, 0.3) is 0 Å². The van der Waals surface area contributed by atoms with Gasteiger partial charge in [0.05, 0.1) is 11.4 Å². The summed E-state index contributed by atoms with van der Waals surface area (Å²) in [7, 11) is 0. The molecule has 1 aliphatic heterocycles. The second-order valence-electron chi connectivity index (χ2n) is 4.96. The summed E-state index contributed by atoms with van der Waals surface area (Å²) < 4.78 is 0. The van der Waals surface area contributed by atoms with Crippen LogP contribution in [0.1, 0.15) is 19.0 Å². The van der Waals surface area contributed by atoms with Gasteiger partial charge in [0, 0.05) is 24.5 Å². The zero-order chi connectivity index (χ0) is 13.5. The monoisotopic (exact) mass is 279 g/mol. The molecule has 2 rings (SSSR count). The Balaban J connectivity index is 1.67. The van der Waals surface area contributed by atoms with E-state index in [1.807, 2.05) is 18.2 Å². The molecule has 1 amide bonds. The third kappa shape index (κ3) is 4.84. The van der Waals surface area contributed by atoms with Gasteiger partial charge in [-0.1, -0.05) is 13.0 Å². The third-order valence-corrected chi connectivity index (χ3v) is 4.35. The lowest BCUT2D eigenvalue weighted by atomic mass is 9.95. The second-order valence-corrected chi connectivity index (χ2v) is 5.94. The lowest BCUT2D eigenvalue weighted by Crippen LogP contribution is -2.50. The highest BCUT2D eigenvalue weighted by atomic mass is 32.2. The normalized spacial score (nSPS) is 23.0. The van der Waals surface area contributed by atoms with Crippen LogP contribution in [0.3, 0.4) is 0 Å². The van der Waals surface area contributed by atoms with Gasteiger partial charge in [-0.05, 0) is 31.0 Å². The average Bonchev–Trinajstić information content (AvgIpc) is 2.43. The molecule has 1 aromatic rings. The number of thioether (sulfide) groups is 1. The Morgan fingerprint density at radius 3 is 3.21 bits per heavy atom. The van der Waals surface area contributed by atoms with Crippen molar-refractivity contribution in [1.82, 2.24) is 15.6 Å². The fraction of sp³-hybridized carbons (Fsp3) is 0.571. The van der Waals surface area contributed by atoms with Crippen molar-refractivity contribution < 1.29 is 4.79 Å². The molecular weight excluding hydrogens is 258 g/mol. The molecule has 1 aliphatic rings. The van der Waals surface area contributed by atoms with Crippen molar-refractivity contribution in [2.75, 3.05) is 18.8 Å². The molecule has 1 fully saturated rings. The van der Waals surface area contributed by atoms with E-state index in [1.165, 1.54) is 0 Å². The Hall–Kier alpha value is -1.07. The molecule has 0 radical (unpaired) electrons. The summed E-state index contributed by atoms with van der Waals surface area (Å²) in [5.41, 5.74) is 1.02. The summed E-state index contributed by atoms with van der Waals surface area (Å²) in [6.07, 6.45) is 2.91. The number of aromatic nitrogens is 1. The third-order valence-electron chi connectivity index (χ3n) is 3.38. The van der Waals surface area contributed by atoms with Gasteiger partial charge in [0.1, 0.15) is 0 Å². The number of hydrogen-bond acceptors (Lipinski definition) is 4. The molecular formula is C14H21N3OS. The predicted molar refractivity (Wildman–Crippen MR) is 79.0 cm³/mol. The number of pyridine rings is 1. The Labute approximate surface area is 118 Å². The van der Waals surface area contributed by atoms with Crippen LogP contribution in [0.4, 0.5) is 0 Å². The first-order valence-corrected chi connectivity index (χ1v) is 7.89. The molecule has 104 valence electrons. The Morgan fingerprint density at radius 1 is 1.58 bits per heavy atom. The van der Waals surface area contributed by atoms with Crippen molar-refractivity contribution in [2.45, 2.75) is 25.1 Å². The first-order valence-electron chi connectivity index (χ1n) is 6.73. The maximum atomic E-state index is 11.9. The van der Waals surface area contributed by atoms with Crippen molar-refractivity contribution in [1.29, 1.82) is 0 Å². The van der Waals surface area contributed by atoms with Crippen LogP contribution in [0.25, 0.3) is 0 Å². The van der Waals surface area contributed by atoms with Gasteiger partial charge in [-0.2, -0.15) is 0 Å². The van der Waals surface area contributed by atoms with Crippen LogP contribution in [0.2, 0.25) is 0 Å². The standard InChI is InChI=1S/C14H21N3OS/c1-11-5-7-15-8-13(11)17-14(18)10-19-9-12-4-2-3-6-16-12/h2-4,6,11,13,15H,5,7-10H2,1H3,(H,17,18). The van der Waals surface area contributed by atoms with Crippen LogP contribution in [0.15, 0.2) is 24.4 Å². The molecule has 0 bridgehead atoms. The van der Waals surface area contributed by atoms with E-state index < -0.39 is 0 Å². The molecule has 0 spiro atoms. The molecule has 2 N–H and O–H groups in total. The van der Waals surface area contributed by atoms with Gasteiger partial charge in [-0.15, -0.1) is 11.8 Å². The van der Waals surface area contributed by atoms with E-state index in [1.54, 1.807) is 18.0 Å². The Kier molecular flexibility index (Phi) is 5.66. The largest absolute Gasteiger partial charge is 0.351 e. The molecule has 0 saturated carbocycles. The maximum Gasteiger partial charge on any atom is 0.230 e. The van der Waals surface area contributed by atoms with Gasteiger partial charge < -0.3 is 10.6 Å². The molecule has 2 heterocycles. The molecule has 2 atom stereocenters. The smallest absolute Gasteiger partial charge is 0.230 e. The van der Waals surface area contributed by atoms with Crippen LogP contribution in [0, 0.1) is 5.92 Å². The minimum Gasteiger partial charge on any atom is -0.351 e. The molecule has 2 unspecified atom stereocenters. The fourth-order valence-corrected chi connectivity index (χ4v) is 2.91. The van der Waals surface area contributed by atoms with E-state index >= 15 is 0 Å². The van der Waals surface area contributed by atoms with Crippen LogP contribution >= 0.6 is 11.8 Å². The molecule has 0 aromatic carbocycles. The van der Waals surface area contributed by atoms with E-state index in [4.69, 9.17) is 0 Å². The van der Waals surface area contributed by atoms with Crippen LogP contribution in [-0.4, -0.2) is 35.8 Å². The zero-order valence-corrected chi connectivity index (χ0v) is 12.1. The average molecular weight is 279 g/mol. The van der Waals surface area contributed by atoms with E-state index in [-0.39, 0.29) is 11.9 Å². The first-order chi connectivity index (χ1) is 9.25. The van der Waals surface area contributed by atoms with E-state index in [0.29, 0.717) is 11.7 Å². The number of carbonyl (C=O) groups is 1. The molecule has 0 aliphatic carbocycles. The summed E-state index contributed by atoms with van der Waals surface area (Å²) >= 11 is 1.61. The number of amides is 1. The summed E-state index contributed by atoms with van der Waals surface area (Å²) in [4.78, 5) is 16.1. The molecule has 1 aromatic heterocycles. The van der Waals surface area contributed by atoms with Crippen LogP contribution < -0.4 is 10.6 Å². The highest BCUT2D eigenvalue weighted by Crippen LogP contribution is 2.12. The van der Waals surface area contributed by atoms with Crippen molar-refractivity contribution in [3.8, 4) is 0 Å². The van der Waals surface area contributed by atoms with Gasteiger partial charge >= 0.3 is 0 Å².